The third-order valence-corrected chi connectivity index (χ3v) is 11.2. The minimum Gasteiger partial charge on any atom is -0.368 e. The highest BCUT2D eigenvalue weighted by Gasteiger charge is 2.29. The van der Waals surface area contributed by atoms with Crippen molar-refractivity contribution in [1.82, 2.24) is 29.9 Å². The quantitative estimate of drug-likeness (QED) is 0.143. The van der Waals surface area contributed by atoms with Crippen LogP contribution in [0.15, 0.2) is 146 Å². The number of carbonyl (C=O) groups excluding carboxylic acids is 1. The molecule has 0 N–H and O–H groups in total. The van der Waals surface area contributed by atoms with E-state index in [1.54, 1.807) is 0 Å². The van der Waals surface area contributed by atoms with Gasteiger partial charge in [0.1, 0.15) is 11.4 Å². The summed E-state index contributed by atoms with van der Waals surface area (Å²) >= 11 is 0. The molecule has 0 aliphatic carbocycles. The highest BCUT2D eigenvalue weighted by atomic mass is 16.1. The number of anilines is 4. The molecule has 2 aliphatic rings. The van der Waals surface area contributed by atoms with Gasteiger partial charge in [-0.1, -0.05) is 72.8 Å². The SMILES string of the molecule is O=C(c1nc(-c2ccccc2)nc2cccc(N3CCN(c4ccncc4)CC3)c12)c1nc(-c2ccccc2)nc2cccc(N3CCN(c4ccncc4)CC3)c12. The van der Waals surface area contributed by atoms with E-state index in [4.69, 9.17) is 19.9 Å². The van der Waals surface area contributed by atoms with E-state index in [1.807, 2.05) is 134 Å². The zero-order valence-corrected chi connectivity index (χ0v) is 31.9. The van der Waals surface area contributed by atoms with Crippen LogP contribution in [0.5, 0.6) is 0 Å². The fourth-order valence-electron chi connectivity index (χ4n) is 8.25. The summed E-state index contributed by atoms with van der Waals surface area (Å²) in [6.07, 6.45) is 7.33. The van der Waals surface area contributed by atoms with Gasteiger partial charge in [0.2, 0.25) is 5.78 Å². The number of hydrogen-bond acceptors (Lipinski definition) is 11. The van der Waals surface area contributed by atoms with Crippen LogP contribution < -0.4 is 19.6 Å². The molecule has 58 heavy (non-hydrogen) atoms. The topological polar surface area (TPSA) is 107 Å². The first kappa shape index (κ1) is 35.2. The zero-order chi connectivity index (χ0) is 38.8. The van der Waals surface area contributed by atoms with Gasteiger partial charge in [-0.2, -0.15) is 0 Å². The average Bonchev–Trinajstić information content (AvgIpc) is 3.31. The predicted molar refractivity (Wildman–Crippen MR) is 231 cm³/mol. The van der Waals surface area contributed by atoms with Gasteiger partial charge in [-0.05, 0) is 48.5 Å². The zero-order valence-electron chi connectivity index (χ0n) is 31.9. The molecule has 11 nitrogen and oxygen atoms in total. The van der Waals surface area contributed by atoms with E-state index in [0.29, 0.717) is 34.1 Å². The number of nitrogens with zero attached hydrogens (tertiary/aromatic N) is 10. The summed E-state index contributed by atoms with van der Waals surface area (Å²) in [5.74, 6) is 0.718. The van der Waals surface area contributed by atoms with Gasteiger partial charge >= 0.3 is 0 Å². The molecule has 4 aromatic carbocycles. The number of aromatic nitrogens is 6. The number of fused-ring (bicyclic) bond motifs is 2. The minimum absolute atomic E-state index is 0.264. The van der Waals surface area contributed by atoms with Crippen molar-refractivity contribution in [2.45, 2.75) is 0 Å². The Morgan fingerprint density at radius 1 is 0.397 bits per heavy atom. The molecule has 2 aliphatic heterocycles. The molecule has 4 aromatic heterocycles. The van der Waals surface area contributed by atoms with Gasteiger partial charge < -0.3 is 19.6 Å². The highest BCUT2D eigenvalue weighted by Crippen LogP contribution is 2.37. The maximum Gasteiger partial charge on any atom is 0.231 e. The Labute approximate surface area is 336 Å². The van der Waals surface area contributed by atoms with Crippen LogP contribution in [0.3, 0.4) is 0 Å². The first-order valence-corrected chi connectivity index (χ1v) is 19.7. The number of ketones is 1. The molecule has 0 radical (unpaired) electrons. The molecule has 6 heterocycles. The van der Waals surface area contributed by atoms with Crippen molar-refractivity contribution in [3.8, 4) is 22.8 Å². The Morgan fingerprint density at radius 3 is 1.17 bits per heavy atom. The molecule has 11 heteroatoms. The number of rotatable bonds is 8. The maximum atomic E-state index is 15.7. The summed E-state index contributed by atoms with van der Waals surface area (Å²) in [6.45, 7) is 6.34. The molecular weight excluding hydrogens is 721 g/mol. The van der Waals surface area contributed by atoms with Crippen LogP contribution in [0.1, 0.15) is 16.2 Å². The van der Waals surface area contributed by atoms with Crippen molar-refractivity contribution in [3.63, 3.8) is 0 Å². The van der Waals surface area contributed by atoms with E-state index in [0.717, 1.165) is 97.0 Å². The van der Waals surface area contributed by atoms with Gasteiger partial charge in [-0.15, -0.1) is 0 Å². The van der Waals surface area contributed by atoms with E-state index in [9.17, 15) is 0 Å². The molecule has 0 spiro atoms. The lowest BCUT2D eigenvalue weighted by molar-refractivity contribution is 0.103. The predicted octanol–water partition coefficient (Wildman–Crippen LogP) is 7.58. The van der Waals surface area contributed by atoms with Gasteiger partial charge in [0.25, 0.3) is 0 Å². The first-order chi connectivity index (χ1) is 28.7. The van der Waals surface area contributed by atoms with Gasteiger partial charge in [0.15, 0.2) is 11.6 Å². The summed E-state index contributed by atoms with van der Waals surface area (Å²) in [7, 11) is 0. The molecule has 0 bridgehead atoms. The average molecular weight is 761 g/mol. The van der Waals surface area contributed by atoms with E-state index in [1.165, 1.54) is 0 Å². The minimum atomic E-state index is -0.264. The van der Waals surface area contributed by atoms with Crippen molar-refractivity contribution in [3.05, 3.63) is 158 Å². The monoisotopic (exact) mass is 760 g/mol. The van der Waals surface area contributed by atoms with Crippen molar-refractivity contribution < 1.29 is 4.79 Å². The Kier molecular flexibility index (Phi) is 9.30. The highest BCUT2D eigenvalue weighted by molar-refractivity contribution is 6.22. The van der Waals surface area contributed by atoms with Gasteiger partial charge in [-0.3, -0.25) is 14.8 Å². The second-order valence-electron chi connectivity index (χ2n) is 14.6. The number of hydrogen-bond donors (Lipinski definition) is 0. The van der Waals surface area contributed by atoms with Crippen molar-refractivity contribution in [2.24, 2.45) is 0 Å². The first-order valence-electron chi connectivity index (χ1n) is 19.7. The lowest BCUT2D eigenvalue weighted by Gasteiger charge is -2.38. The number of pyridine rings is 2. The Hall–Kier alpha value is -7.27. The third kappa shape index (κ3) is 6.70. The van der Waals surface area contributed by atoms with Gasteiger partial charge in [-0.25, -0.2) is 19.9 Å². The van der Waals surface area contributed by atoms with E-state index < -0.39 is 0 Å². The molecule has 2 saturated heterocycles. The Balaban J connectivity index is 1.12. The molecular formula is C47H40N10O. The normalized spacial score (nSPS) is 14.6. The summed E-state index contributed by atoms with van der Waals surface area (Å²) in [6, 6.07) is 40.1. The summed E-state index contributed by atoms with van der Waals surface area (Å²) in [5, 5.41) is 1.45. The lowest BCUT2D eigenvalue weighted by Crippen LogP contribution is -2.46. The second-order valence-corrected chi connectivity index (χ2v) is 14.6. The van der Waals surface area contributed by atoms with Crippen LogP contribution in [0.25, 0.3) is 44.6 Å². The number of piperazine rings is 2. The third-order valence-electron chi connectivity index (χ3n) is 11.2. The number of benzene rings is 4. The van der Waals surface area contributed by atoms with Crippen LogP contribution in [0, 0.1) is 0 Å². The molecule has 10 rings (SSSR count). The van der Waals surface area contributed by atoms with Gasteiger partial charge in [0, 0.05) is 111 Å². The van der Waals surface area contributed by atoms with Crippen molar-refractivity contribution in [1.29, 1.82) is 0 Å². The largest absolute Gasteiger partial charge is 0.368 e. The van der Waals surface area contributed by atoms with Crippen molar-refractivity contribution in [2.75, 3.05) is 72.0 Å². The standard InChI is InChI=1S/C47H40N10O/c58-45(43-41-37(50-46(52-43)33-9-3-1-4-10-33)13-7-15-39(41)56-29-25-54(26-30-56)35-17-21-48-22-18-35)44-42-38(51-47(53-44)34-11-5-2-6-12-34)14-8-16-40(42)57-31-27-55(28-32-57)36-19-23-49-24-20-36/h1-24H,25-32H2. The van der Waals surface area contributed by atoms with Crippen LogP contribution in [0.2, 0.25) is 0 Å². The van der Waals surface area contributed by atoms with E-state index in [-0.39, 0.29) is 5.78 Å². The fraction of sp³-hybridized carbons (Fsp3) is 0.170. The summed E-state index contributed by atoms with van der Waals surface area (Å²) in [5.41, 5.74) is 7.91. The lowest BCUT2D eigenvalue weighted by atomic mass is 10.00. The molecule has 284 valence electrons. The molecule has 0 saturated carbocycles. The molecule has 0 unspecified atom stereocenters. The Morgan fingerprint density at radius 2 is 0.776 bits per heavy atom. The van der Waals surface area contributed by atoms with Gasteiger partial charge in [0.05, 0.1) is 21.8 Å². The van der Waals surface area contributed by atoms with Crippen LogP contribution >= 0.6 is 0 Å². The number of carbonyl (C=O) groups is 1. The summed E-state index contributed by atoms with van der Waals surface area (Å²) in [4.78, 5) is 54.1. The summed E-state index contributed by atoms with van der Waals surface area (Å²) < 4.78 is 0. The second kappa shape index (κ2) is 15.3. The van der Waals surface area contributed by atoms with Crippen LogP contribution in [0.4, 0.5) is 22.7 Å². The smallest absolute Gasteiger partial charge is 0.231 e. The Bertz CT molecular complexity index is 2530. The van der Waals surface area contributed by atoms with E-state index >= 15 is 4.79 Å². The van der Waals surface area contributed by atoms with Crippen molar-refractivity contribution >= 4 is 50.3 Å². The van der Waals surface area contributed by atoms with Crippen LogP contribution in [-0.2, 0) is 0 Å². The molecule has 2 fully saturated rings. The van der Waals surface area contributed by atoms with Crippen LogP contribution in [-0.4, -0.2) is 88.0 Å². The molecule has 8 aromatic rings. The molecule has 0 amide bonds. The van der Waals surface area contributed by atoms with E-state index in [2.05, 4.69) is 41.7 Å². The molecule has 0 atom stereocenters. The maximum absolute atomic E-state index is 15.7. The fourth-order valence-corrected chi connectivity index (χ4v) is 8.25.